The molecule has 3 nitrogen and oxygen atoms in total. The summed E-state index contributed by atoms with van der Waals surface area (Å²) in [7, 11) is 0. The zero-order chi connectivity index (χ0) is 14.4. The Bertz CT molecular complexity index is 520. The van der Waals surface area contributed by atoms with E-state index >= 15 is 0 Å². The van der Waals surface area contributed by atoms with E-state index < -0.39 is 0 Å². The SMILES string of the molecule is Cc1ccc(N(CCCN)Cc2ccc(O)cc2)cc1. The summed E-state index contributed by atoms with van der Waals surface area (Å²) >= 11 is 0. The van der Waals surface area contributed by atoms with Gasteiger partial charge in [-0.15, -0.1) is 0 Å². The molecule has 0 fully saturated rings. The Kier molecular flexibility index (Phi) is 5.02. The predicted molar refractivity (Wildman–Crippen MR) is 84.0 cm³/mol. The molecule has 0 bridgehead atoms. The van der Waals surface area contributed by atoms with Crippen molar-refractivity contribution in [3.05, 3.63) is 59.7 Å². The fourth-order valence-electron chi connectivity index (χ4n) is 2.16. The monoisotopic (exact) mass is 270 g/mol. The summed E-state index contributed by atoms with van der Waals surface area (Å²) < 4.78 is 0. The van der Waals surface area contributed by atoms with Gasteiger partial charge in [-0.1, -0.05) is 29.8 Å². The molecule has 0 amide bonds. The largest absolute Gasteiger partial charge is 0.508 e. The minimum Gasteiger partial charge on any atom is -0.508 e. The number of rotatable bonds is 6. The highest BCUT2D eigenvalue weighted by Gasteiger charge is 2.07. The summed E-state index contributed by atoms with van der Waals surface area (Å²) in [5.74, 6) is 0.303. The molecule has 2 aromatic rings. The first-order valence-corrected chi connectivity index (χ1v) is 6.98. The summed E-state index contributed by atoms with van der Waals surface area (Å²) in [6, 6.07) is 15.9. The molecule has 0 aliphatic heterocycles. The Morgan fingerprint density at radius 1 is 1.00 bits per heavy atom. The van der Waals surface area contributed by atoms with Crippen LogP contribution in [0.3, 0.4) is 0 Å². The standard InChI is InChI=1S/C17H22N2O/c1-14-3-7-16(8-4-14)19(12-2-11-18)13-15-5-9-17(20)10-6-15/h3-10,20H,2,11-13,18H2,1H3. The van der Waals surface area contributed by atoms with Gasteiger partial charge in [0.2, 0.25) is 0 Å². The molecule has 0 saturated carbocycles. The fourth-order valence-corrected chi connectivity index (χ4v) is 2.16. The summed E-state index contributed by atoms with van der Waals surface area (Å²) in [4.78, 5) is 2.32. The first-order valence-electron chi connectivity index (χ1n) is 6.98. The minimum atomic E-state index is 0.303. The molecule has 0 radical (unpaired) electrons. The van der Waals surface area contributed by atoms with Crippen molar-refractivity contribution in [2.75, 3.05) is 18.0 Å². The number of phenolic OH excluding ortho intramolecular Hbond substituents is 1. The van der Waals surface area contributed by atoms with Gasteiger partial charge in [-0.2, -0.15) is 0 Å². The van der Waals surface area contributed by atoms with Gasteiger partial charge < -0.3 is 15.7 Å². The molecular weight excluding hydrogens is 248 g/mol. The molecule has 0 saturated heterocycles. The summed E-state index contributed by atoms with van der Waals surface area (Å²) in [5.41, 5.74) is 9.28. The maximum absolute atomic E-state index is 9.35. The van der Waals surface area contributed by atoms with Crippen molar-refractivity contribution in [2.24, 2.45) is 5.73 Å². The van der Waals surface area contributed by atoms with Gasteiger partial charge >= 0.3 is 0 Å². The molecule has 2 rings (SSSR count). The fraction of sp³-hybridized carbons (Fsp3) is 0.294. The number of hydrogen-bond acceptors (Lipinski definition) is 3. The van der Waals surface area contributed by atoms with Gasteiger partial charge in [0.05, 0.1) is 0 Å². The van der Waals surface area contributed by atoms with Crippen LogP contribution in [0.2, 0.25) is 0 Å². The van der Waals surface area contributed by atoms with E-state index in [-0.39, 0.29) is 0 Å². The van der Waals surface area contributed by atoms with Gasteiger partial charge in [-0.3, -0.25) is 0 Å². The maximum Gasteiger partial charge on any atom is 0.115 e. The second-order valence-corrected chi connectivity index (χ2v) is 5.07. The molecule has 0 atom stereocenters. The Morgan fingerprint density at radius 2 is 1.65 bits per heavy atom. The van der Waals surface area contributed by atoms with Crippen molar-refractivity contribution >= 4 is 5.69 Å². The smallest absolute Gasteiger partial charge is 0.115 e. The van der Waals surface area contributed by atoms with Crippen molar-refractivity contribution in [3.63, 3.8) is 0 Å². The highest BCUT2D eigenvalue weighted by molar-refractivity contribution is 5.48. The molecular formula is C17H22N2O. The lowest BCUT2D eigenvalue weighted by atomic mass is 10.1. The number of nitrogens with zero attached hydrogens (tertiary/aromatic N) is 1. The third-order valence-electron chi connectivity index (χ3n) is 3.34. The predicted octanol–water partition coefficient (Wildman–Crippen LogP) is 3.06. The molecule has 106 valence electrons. The first kappa shape index (κ1) is 14.4. The molecule has 0 aromatic heterocycles. The molecule has 0 spiro atoms. The van der Waals surface area contributed by atoms with Gasteiger partial charge in [0.15, 0.2) is 0 Å². The van der Waals surface area contributed by atoms with E-state index in [0.717, 1.165) is 19.5 Å². The highest BCUT2D eigenvalue weighted by Crippen LogP contribution is 2.19. The molecule has 0 heterocycles. The number of aromatic hydroxyl groups is 1. The van der Waals surface area contributed by atoms with Crippen LogP contribution in [0, 0.1) is 6.92 Å². The van der Waals surface area contributed by atoms with Crippen LogP contribution >= 0.6 is 0 Å². The van der Waals surface area contributed by atoms with Crippen LogP contribution in [0.5, 0.6) is 5.75 Å². The highest BCUT2D eigenvalue weighted by atomic mass is 16.3. The van der Waals surface area contributed by atoms with E-state index in [4.69, 9.17) is 5.73 Å². The summed E-state index contributed by atoms with van der Waals surface area (Å²) in [5, 5.41) is 9.35. The number of phenols is 1. The molecule has 0 unspecified atom stereocenters. The molecule has 20 heavy (non-hydrogen) atoms. The minimum absolute atomic E-state index is 0.303. The Labute approximate surface area is 120 Å². The Hall–Kier alpha value is -2.00. The molecule has 2 aromatic carbocycles. The summed E-state index contributed by atoms with van der Waals surface area (Å²) in [6.07, 6.45) is 0.964. The van der Waals surface area contributed by atoms with Gasteiger partial charge in [-0.25, -0.2) is 0 Å². The van der Waals surface area contributed by atoms with E-state index in [1.807, 2.05) is 12.1 Å². The van der Waals surface area contributed by atoms with Crippen molar-refractivity contribution in [3.8, 4) is 5.75 Å². The van der Waals surface area contributed by atoms with E-state index in [1.54, 1.807) is 12.1 Å². The van der Waals surface area contributed by atoms with Gasteiger partial charge in [-0.05, 0) is 49.7 Å². The van der Waals surface area contributed by atoms with Crippen LogP contribution in [0.25, 0.3) is 0 Å². The van der Waals surface area contributed by atoms with Gasteiger partial charge in [0, 0.05) is 18.8 Å². The van der Waals surface area contributed by atoms with Crippen molar-refractivity contribution in [1.82, 2.24) is 0 Å². The van der Waals surface area contributed by atoms with E-state index in [0.29, 0.717) is 12.3 Å². The van der Waals surface area contributed by atoms with Gasteiger partial charge in [0.1, 0.15) is 5.75 Å². The third kappa shape index (κ3) is 4.00. The normalized spacial score (nSPS) is 10.5. The van der Waals surface area contributed by atoms with Crippen LogP contribution in [0.4, 0.5) is 5.69 Å². The van der Waals surface area contributed by atoms with Crippen molar-refractivity contribution in [2.45, 2.75) is 19.9 Å². The molecule has 3 N–H and O–H groups in total. The lowest BCUT2D eigenvalue weighted by Crippen LogP contribution is -2.25. The molecule has 0 aliphatic rings. The van der Waals surface area contributed by atoms with Crippen molar-refractivity contribution < 1.29 is 5.11 Å². The Balaban J connectivity index is 2.14. The van der Waals surface area contributed by atoms with E-state index in [1.165, 1.54) is 16.8 Å². The number of aryl methyl sites for hydroxylation is 1. The van der Waals surface area contributed by atoms with Crippen LogP contribution in [0.1, 0.15) is 17.5 Å². The van der Waals surface area contributed by atoms with Crippen LogP contribution in [-0.4, -0.2) is 18.2 Å². The van der Waals surface area contributed by atoms with E-state index in [2.05, 4.69) is 36.1 Å². The van der Waals surface area contributed by atoms with Crippen LogP contribution in [0.15, 0.2) is 48.5 Å². The number of hydrogen-bond donors (Lipinski definition) is 2. The second-order valence-electron chi connectivity index (χ2n) is 5.07. The third-order valence-corrected chi connectivity index (χ3v) is 3.34. The zero-order valence-corrected chi connectivity index (χ0v) is 11.9. The zero-order valence-electron chi connectivity index (χ0n) is 11.9. The average molecular weight is 270 g/mol. The average Bonchev–Trinajstić information content (AvgIpc) is 2.46. The quantitative estimate of drug-likeness (QED) is 0.848. The summed E-state index contributed by atoms with van der Waals surface area (Å²) in [6.45, 7) is 4.54. The Morgan fingerprint density at radius 3 is 2.25 bits per heavy atom. The van der Waals surface area contributed by atoms with E-state index in [9.17, 15) is 5.11 Å². The van der Waals surface area contributed by atoms with Crippen LogP contribution < -0.4 is 10.6 Å². The number of nitrogens with two attached hydrogens (primary N) is 1. The second kappa shape index (κ2) is 6.96. The number of benzene rings is 2. The van der Waals surface area contributed by atoms with Crippen LogP contribution in [-0.2, 0) is 6.54 Å². The molecule has 3 heteroatoms. The van der Waals surface area contributed by atoms with Gasteiger partial charge in [0.25, 0.3) is 0 Å². The lowest BCUT2D eigenvalue weighted by molar-refractivity contribution is 0.475. The molecule has 0 aliphatic carbocycles. The lowest BCUT2D eigenvalue weighted by Gasteiger charge is -2.25. The number of anilines is 1. The topological polar surface area (TPSA) is 49.5 Å². The maximum atomic E-state index is 9.35. The first-order chi connectivity index (χ1) is 9.69. The van der Waals surface area contributed by atoms with Crippen molar-refractivity contribution in [1.29, 1.82) is 0 Å².